The summed E-state index contributed by atoms with van der Waals surface area (Å²) < 4.78 is 0. The molecule has 0 aliphatic rings. The minimum absolute atomic E-state index is 0.754. The fourth-order valence-corrected chi connectivity index (χ4v) is 1.45. The van der Waals surface area contributed by atoms with E-state index in [1.165, 1.54) is 5.30 Å². The number of benzene rings is 1. The number of rotatable bonds is 3. The van der Waals surface area contributed by atoms with Crippen LogP contribution >= 0.6 is 8.73 Å². The third kappa shape index (κ3) is 2.47. The van der Waals surface area contributed by atoms with Gasteiger partial charge in [0.15, 0.2) is 0 Å². The maximum Gasteiger partial charge on any atom is -0.00378 e. The largest absolute Gasteiger partial charge is 0.295 e. The van der Waals surface area contributed by atoms with Crippen LogP contribution in [0.15, 0.2) is 30.3 Å². The molecule has 0 aromatic heterocycles. The van der Waals surface area contributed by atoms with Crippen molar-refractivity contribution >= 4 is 14.0 Å². The summed E-state index contributed by atoms with van der Waals surface area (Å²) >= 11 is 0. The lowest BCUT2D eigenvalue weighted by Gasteiger charge is -1.99. The molecule has 10 heavy (non-hydrogen) atoms. The molecule has 0 amide bonds. The van der Waals surface area contributed by atoms with Crippen molar-refractivity contribution in [2.75, 3.05) is 6.54 Å². The molecule has 0 aliphatic heterocycles. The fraction of sp³-hybridized carbons (Fsp3) is 0.250. The zero-order valence-electron chi connectivity index (χ0n) is 6.09. The Balaban J connectivity index is 2.43. The van der Waals surface area contributed by atoms with Gasteiger partial charge in [0.1, 0.15) is 0 Å². The van der Waals surface area contributed by atoms with Crippen LogP contribution in [0.4, 0.5) is 0 Å². The maximum atomic E-state index is 3.29. The Hall–Kier alpha value is -0.390. The molecule has 0 saturated heterocycles. The van der Waals surface area contributed by atoms with Crippen LogP contribution in [0.2, 0.25) is 0 Å². The summed E-state index contributed by atoms with van der Waals surface area (Å²) in [5.41, 5.74) is 0. The predicted molar refractivity (Wildman–Crippen MR) is 48.1 cm³/mol. The van der Waals surface area contributed by atoms with Gasteiger partial charge >= 0.3 is 0 Å². The van der Waals surface area contributed by atoms with Gasteiger partial charge in [-0.3, -0.25) is 5.09 Å². The second-order valence-corrected chi connectivity index (χ2v) is 3.20. The van der Waals surface area contributed by atoms with Crippen LogP contribution in [0.5, 0.6) is 0 Å². The molecule has 0 radical (unpaired) electrons. The summed E-state index contributed by atoms with van der Waals surface area (Å²) in [7, 11) is 0.754. The molecule has 0 bridgehead atoms. The molecule has 2 heteroatoms. The summed E-state index contributed by atoms with van der Waals surface area (Å²) in [6, 6.07) is 10.5. The van der Waals surface area contributed by atoms with E-state index in [0.717, 1.165) is 15.3 Å². The highest BCUT2D eigenvalue weighted by molar-refractivity contribution is 7.45. The highest BCUT2D eigenvalue weighted by Gasteiger charge is 1.85. The van der Waals surface area contributed by atoms with Crippen molar-refractivity contribution in [3.63, 3.8) is 0 Å². The van der Waals surface area contributed by atoms with E-state index in [2.05, 4.69) is 36.3 Å². The van der Waals surface area contributed by atoms with Crippen molar-refractivity contribution in [2.45, 2.75) is 6.92 Å². The Labute approximate surface area is 63.7 Å². The van der Waals surface area contributed by atoms with E-state index in [9.17, 15) is 0 Å². The molecule has 1 atom stereocenters. The van der Waals surface area contributed by atoms with Crippen LogP contribution < -0.4 is 10.4 Å². The van der Waals surface area contributed by atoms with E-state index in [-0.39, 0.29) is 0 Å². The van der Waals surface area contributed by atoms with E-state index < -0.39 is 0 Å². The Morgan fingerprint density at radius 2 is 2.00 bits per heavy atom. The smallest absolute Gasteiger partial charge is 0.00378 e. The van der Waals surface area contributed by atoms with Crippen molar-refractivity contribution in [1.82, 2.24) is 5.09 Å². The first-order valence-corrected chi connectivity index (χ1v) is 4.47. The van der Waals surface area contributed by atoms with Crippen molar-refractivity contribution in [2.24, 2.45) is 0 Å². The minimum Gasteiger partial charge on any atom is -0.295 e. The molecule has 1 aromatic carbocycles. The van der Waals surface area contributed by atoms with Gasteiger partial charge in [-0.2, -0.15) is 0 Å². The van der Waals surface area contributed by atoms with E-state index in [1.807, 2.05) is 6.07 Å². The molecule has 1 rings (SSSR count). The molecule has 1 nitrogen and oxygen atoms in total. The molecule has 0 heterocycles. The molecular weight excluding hydrogens is 141 g/mol. The van der Waals surface area contributed by atoms with Gasteiger partial charge in [-0.05, 0) is 20.6 Å². The van der Waals surface area contributed by atoms with Crippen LogP contribution in [0.25, 0.3) is 0 Å². The van der Waals surface area contributed by atoms with Gasteiger partial charge in [-0.25, -0.2) is 0 Å². The summed E-state index contributed by atoms with van der Waals surface area (Å²) in [5.74, 6) is 0. The van der Waals surface area contributed by atoms with Crippen molar-refractivity contribution in [1.29, 1.82) is 0 Å². The first-order valence-electron chi connectivity index (χ1n) is 3.47. The van der Waals surface area contributed by atoms with E-state index in [4.69, 9.17) is 0 Å². The average molecular weight is 153 g/mol. The van der Waals surface area contributed by atoms with E-state index in [0.29, 0.717) is 0 Å². The molecular formula is C8H12NP. The SMILES string of the molecule is CCNPc1ccccc1. The van der Waals surface area contributed by atoms with Crippen molar-refractivity contribution in [3.8, 4) is 0 Å². The van der Waals surface area contributed by atoms with Gasteiger partial charge in [0.05, 0.1) is 0 Å². The standard InChI is InChI=1S/C8H12NP/c1-2-9-10-8-6-4-3-5-7-8/h3-7,9-10H,2H2,1H3. The maximum absolute atomic E-state index is 3.29. The summed E-state index contributed by atoms with van der Waals surface area (Å²) in [4.78, 5) is 0. The number of nitrogens with one attached hydrogen (secondary N) is 1. The lowest BCUT2D eigenvalue weighted by molar-refractivity contribution is 1.03. The van der Waals surface area contributed by atoms with Crippen LogP contribution in [-0.2, 0) is 0 Å². The molecule has 1 unspecified atom stereocenters. The highest BCUT2D eigenvalue weighted by Crippen LogP contribution is 2.01. The molecule has 0 saturated carbocycles. The summed E-state index contributed by atoms with van der Waals surface area (Å²) in [6.07, 6.45) is 0. The van der Waals surface area contributed by atoms with Gasteiger partial charge in [0, 0.05) is 0 Å². The molecule has 0 fully saturated rings. The Morgan fingerprint density at radius 1 is 1.30 bits per heavy atom. The zero-order chi connectivity index (χ0) is 7.23. The third-order valence-corrected chi connectivity index (χ3v) is 2.34. The minimum atomic E-state index is 0.754. The van der Waals surface area contributed by atoms with Gasteiger partial charge in [-0.15, -0.1) is 0 Å². The van der Waals surface area contributed by atoms with Gasteiger partial charge < -0.3 is 0 Å². The first kappa shape index (κ1) is 7.71. The fourth-order valence-electron chi connectivity index (χ4n) is 0.712. The topological polar surface area (TPSA) is 12.0 Å². The first-order chi connectivity index (χ1) is 4.93. The average Bonchev–Trinajstić information content (AvgIpc) is 2.03. The van der Waals surface area contributed by atoms with Crippen LogP contribution in [-0.4, -0.2) is 6.54 Å². The molecule has 0 spiro atoms. The predicted octanol–water partition coefficient (Wildman–Crippen LogP) is 1.51. The van der Waals surface area contributed by atoms with Gasteiger partial charge in [-0.1, -0.05) is 37.3 Å². The number of hydrogen-bond acceptors (Lipinski definition) is 1. The lowest BCUT2D eigenvalue weighted by Crippen LogP contribution is -2.05. The monoisotopic (exact) mass is 153 g/mol. The molecule has 0 aliphatic carbocycles. The van der Waals surface area contributed by atoms with Crippen molar-refractivity contribution in [3.05, 3.63) is 30.3 Å². The Kier molecular flexibility index (Phi) is 3.42. The van der Waals surface area contributed by atoms with Gasteiger partial charge in [0.2, 0.25) is 0 Å². The van der Waals surface area contributed by atoms with Crippen molar-refractivity contribution < 1.29 is 0 Å². The highest BCUT2D eigenvalue weighted by atomic mass is 31.1. The normalized spacial score (nSPS) is 10.9. The Morgan fingerprint density at radius 3 is 2.60 bits per heavy atom. The Bertz CT molecular complexity index is 174. The zero-order valence-corrected chi connectivity index (χ0v) is 7.09. The molecule has 1 N–H and O–H groups in total. The number of hydrogen-bond donors (Lipinski definition) is 1. The molecule has 1 aromatic rings. The molecule has 54 valence electrons. The lowest BCUT2D eigenvalue weighted by atomic mass is 10.4. The third-order valence-electron chi connectivity index (χ3n) is 1.18. The summed E-state index contributed by atoms with van der Waals surface area (Å²) in [5, 5.41) is 4.67. The quantitative estimate of drug-likeness (QED) is 0.649. The van der Waals surface area contributed by atoms with Crippen LogP contribution in [0.1, 0.15) is 6.92 Å². The second-order valence-electron chi connectivity index (χ2n) is 2.02. The second kappa shape index (κ2) is 4.43. The van der Waals surface area contributed by atoms with Gasteiger partial charge in [0.25, 0.3) is 0 Å². The van der Waals surface area contributed by atoms with Crippen LogP contribution in [0.3, 0.4) is 0 Å². The van der Waals surface area contributed by atoms with E-state index in [1.54, 1.807) is 0 Å². The van der Waals surface area contributed by atoms with Crippen LogP contribution in [0, 0.1) is 0 Å². The summed E-state index contributed by atoms with van der Waals surface area (Å²) in [6.45, 7) is 3.17. The van der Waals surface area contributed by atoms with E-state index >= 15 is 0 Å².